The second-order valence-corrected chi connectivity index (χ2v) is 9.33. The first kappa shape index (κ1) is 26.3. The Kier molecular flexibility index (Phi) is 8.18. The van der Waals surface area contributed by atoms with Gasteiger partial charge in [0.05, 0.1) is 38.1 Å². The van der Waals surface area contributed by atoms with Crippen LogP contribution in [0.25, 0.3) is 17.2 Å². The number of methoxy groups -OCH3 is 2. The molecule has 0 saturated heterocycles. The molecule has 8 heteroatoms. The van der Waals surface area contributed by atoms with Crippen molar-refractivity contribution in [1.29, 1.82) is 0 Å². The number of benzene rings is 1. The molecule has 2 heterocycles. The van der Waals surface area contributed by atoms with Gasteiger partial charge >= 0.3 is 5.97 Å². The highest BCUT2D eigenvalue weighted by atomic mass is 19.1. The van der Waals surface area contributed by atoms with Gasteiger partial charge in [0.2, 0.25) is 5.88 Å². The number of ether oxygens (including phenoxy) is 2. The number of rotatable bonds is 10. The van der Waals surface area contributed by atoms with Crippen molar-refractivity contribution in [1.82, 2.24) is 9.97 Å². The maximum atomic E-state index is 14.2. The van der Waals surface area contributed by atoms with Crippen molar-refractivity contribution in [2.45, 2.75) is 38.2 Å². The molecule has 3 aromatic rings. The lowest BCUT2D eigenvalue weighted by Gasteiger charge is -2.23. The maximum Gasteiger partial charge on any atom is 0.309 e. The quantitative estimate of drug-likeness (QED) is 0.353. The van der Waals surface area contributed by atoms with Crippen molar-refractivity contribution < 1.29 is 28.9 Å². The average Bonchev–Trinajstić information content (AvgIpc) is 3.75. The highest BCUT2D eigenvalue weighted by Crippen LogP contribution is 2.47. The highest BCUT2D eigenvalue weighted by molar-refractivity contribution is 5.73. The third-order valence-electron chi connectivity index (χ3n) is 6.82. The van der Waals surface area contributed by atoms with Gasteiger partial charge in [-0.1, -0.05) is 37.3 Å². The van der Waals surface area contributed by atoms with Crippen LogP contribution in [0.4, 0.5) is 4.39 Å². The molecule has 37 heavy (non-hydrogen) atoms. The Bertz CT molecular complexity index is 1270. The molecule has 1 fully saturated rings. The van der Waals surface area contributed by atoms with E-state index < -0.39 is 11.9 Å². The number of carbonyl (C=O) groups is 1. The van der Waals surface area contributed by atoms with E-state index in [0.717, 1.165) is 24.6 Å². The van der Waals surface area contributed by atoms with Crippen LogP contribution in [-0.2, 0) is 9.53 Å². The predicted molar refractivity (Wildman–Crippen MR) is 137 cm³/mol. The number of hydrogen-bond donors (Lipinski definition) is 2. The minimum atomic E-state index is -0.872. The summed E-state index contributed by atoms with van der Waals surface area (Å²) in [4.78, 5) is 20.2. The van der Waals surface area contributed by atoms with Gasteiger partial charge in [0.25, 0.3) is 0 Å². The molecule has 0 bridgehead atoms. The summed E-state index contributed by atoms with van der Waals surface area (Å²) in [6.45, 7) is 1.87. The monoisotopic (exact) mass is 506 g/mol. The second-order valence-electron chi connectivity index (χ2n) is 9.33. The van der Waals surface area contributed by atoms with E-state index >= 15 is 0 Å². The first-order chi connectivity index (χ1) is 17.8. The lowest BCUT2D eigenvalue weighted by atomic mass is 9.83. The first-order valence-electron chi connectivity index (χ1n) is 12.2. The molecule has 194 valence electrons. The number of carbonyl (C=O) groups excluding carboxylic acids is 1. The van der Waals surface area contributed by atoms with Gasteiger partial charge in [-0.2, -0.15) is 0 Å². The number of aromatic nitrogens is 2. The van der Waals surface area contributed by atoms with Gasteiger partial charge < -0.3 is 19.7 Å². The molecule has 4 rings (SSSR count). The Hall–Kier alpha value is -3.78. The highest BCUT2D eigenvalue weighted by Gasteiger charge is 2.39. The van der Waals surface area contributed by atoms with Crippen LogP contribution < -0.4 is 4.74 Å². The third-order valence-corrected chi connectivity index (χ3v) is 6.82. The lowest BCUT2D eigenvalue weighted by molar-refractivity contribution is -0.145. The Morgan fingerprint density at radius 1 is 1.16 bits per heavy atom. The van der Waals surface area contributed by atoms with Crippen LogP contribution >= 0.6 is 0 Å². The van der Waals surface area contributed by atoms with Crippen LogP contribution in [0.5, 0.6) is 11.6 Å². The molecule has 1 unspecified atom stereocenters. The molecule has 7 nitrogen and oxygen atoms in total. The summed E-state index contributed by atoms with van der Waals surface area (Å²) in [7, 11) is 2.85. The summed E-state index contributed by atoms with van der Waals surface area (Å²) in [5, 5.41) is 21.2. The van der Waals surface area contributed by atoms with Gasteiger partial charge in [0.1, 0.15) is 11.6 Å². The normalized spacial score (nSPS) is 15.8. The Morgan fingerprint density at radius 2 is 1.95 bits per heavy atom. The van der Waals surface area contributed by atoms with E-state index in [1.54, 1.807) is 30.4 Å². The summed E-state index contributed by atoms with van der Waals surface area (Å²) in [6.07, 6.45) is 7.62. The minimum Gasteiger partial charge on any atom is -0.507 e. The average molecular weight is 507 g/mol. The number of aromatic hydroxyl groups is 1. The van der Waals surface area contributed by atoms with E-state index in [2.05, 4.69) is 9.97 Å². The van der Waals surface area contributed by atoms with Gasteiger partial charge in [-0.3, -0.25) is 9.78 Å². The van der Waals surface area contributed by atoms with Crippen molar-refractivity contribution in [2.24, 2.45) is 11.8 Å². The predicted octanol–water partition coefficient (Wildman–Crippen LogP) is 5.44. The van der Waals surface area contributed by atoms with Crippen LogP contribution in [0.2, 0.25) is 0 Å². The van der Waals surface area contributed by atoms with Gasteiger partial charge in [0.15, 0.2) is 0 Å². The summed E-state index contributed by atoms with van der Waals surface area (Å²) in [6, 6.07) is 10.3. The lowest BCUT2D eigenvalue weighted by Crippen LogP contribution is -2.22. The molecule has 0 amide bonds. The van der Waals surface area contributed by atoms with Crippen LogP contribution in [0.1, 0.15) is 55.0 Å². The number of nitrogens with zero attached hydrogens (tertiary/aromatic N) is 2. The number of halogens is 1. The molecule has 1 saturated carbocycles. The van der Waals surface area contributed by atoms with Crippen LogP contribution in [0.15, 0.2) is 54.9 Å². The number of phenolic OH excluding ortho intramolecular Hbond substituents is 1. The van der Waals surface area contributed by atoms with Crippen molar-refractivity contribution in [3.8, 4) is 22.8 Å². The molecule has 0 radical (unpaired) electrons. The zero-order valence-corrected chi connectivity index (χ0v) is 21.1. The van der Waals surface area contributed by atoms with Gasteiger partial charge in [-0.05, 0) is 48.8 Å². The van der Waals surface area contributed by atoms with Crippen LogP contribution in [0.3, 0.4) is 0 Å². The fraction of sp³-hybridized carbons (Fsp3) is 0.345. The molecule has 1 aliphatic rings. The van der Waals surface area contributed by atoms with Crippen molar-refractivity contribution in [3.05, 3.63) is 77.5 Å². The van der Waals surface area contributed by atoms with E-state index in [1.165, 1.54) is 26.5 Å². The van der Waals surface area contributed by atoms with Crippen LogP contribution in [0, 0.1) is 17.7 Å². The van der Waals surface area contributed by atoms with Crippen molar-refractivity contribution in [3.63, 3.8) is 0 Å². The Balaban J connectivity index is 1.41. The summed E-state index contributed by atoms with van der Waals surface area (Å²) in [5.41, 5.74) is 2.83. The Morgan fingerprint density at radius 3 is 2.57 bits per heavy atom. The zero-order valence-electron chi connectivity index (χ0n) is 21.1. The van der Waals surface area contributed by atoms with E-state index in [1.807, 2.05) is 19.1 Å². The molecule has 2 N–H and O–H groups in total. The number of aliphatic hydroxyl groups excluding tert-OH is 1. The SMILES string of the molecule is COC(=O)[C@@H](C)[C@H](c1ccc(/C=C\CC(O)c2ccc(-c3cc(OC)ncc3F)cn2)c(O)c1)C1CC1. The number of aliphatic hydroxyl groups is 1. The molecule has 3 atom stereocenters. The van der Waals surface area contributed by atoms with E-state index in [4.69, 9.17) is 9.47 Å². The zero-order chi connectivity index (χ0) is 26.5. The van der Waals surface area contributed by atoms with Crippen molar-refractivity contribution in [2.75, 3.05) is 14.2 Å². The number of phenols is 1. The van der Waals surface area contributed by atoms with Crippen molar-refractivity contribution >= 4 is 12.0 Å². The Labute approximate surface area is 215 Å². The topological polar surface area (TPSA) is 102 Å². The largest absolute Gasteiger partial charge is 0.507 e. The molecular weight excluding hydrogens is 475 g/mol. The smallest absolute Gasteiger partial charge is 0.309 e. The van der Waals surface area contributed by atoms with E-state index in [9.17, 15) is 19.4 Å². The number of hydrogen-bond acceptors (Lipinski definition) is 7. The van der Waals surface area contributed by atoms with E-state index in [0.29, 0.717) is 34.2 Å². The minimum absolute atomic E-state index is 0.00830. The molecule has 0 aliphatic heterocycles. The summed E-state index contributed by atoms with van der Waals surface area (Å²) >= 11 is 0. The fourth-order valence-electron chi connectivity index (χ4n) is 4.62. The second kappa shape index (κ2) is 11.5. The third kappa shape index (κ3) is 6.14. The van der Waals surface area contributed by atoms with E-state index in [-0.39, 0.29) is 30.0 Å². The molecule has 1 aliphatic carbocycles. The van der Waals surface area contributed by atoms with Gasteiger partial charge in [-0.25, -0.2) is 9.37 Å². The fourth-order valence-corrected chi connectivity index (χ4v) is 4.62. The molecule has 2 aromatic heterocycles. The standard InChI is InChI=1S/C29H31FN2O5/c1-17(29(35)37-3)28(19-8-9-19)20-10-7-18(26(34)13-20)5-4-6-25(33)24-12-11-21(15-31-24)22-14-27(36-2)32-16-23(22)30/h4-5,7,10-17,19,25,28,33-34H,6,8-9H2,1-3H3/b5-4-/t17-,25?,28-/m0/s1. The molecule has 0 spiro atoms. The summed E-state index contributed by atoms with van der Waals surface area (Å²) < 4.78 is 24.2. The van der Waals surface area contributed by atoms with Gasteiger partial charge in [-0.15, -0.1) is 0 Å². The first-order valence-corrected chi connectivity index (χ1v) is 12.2. The molecular formula is C29H31FN2O5. The number of pyridine rings is 2. The number of esters is 1. The van der Waals surface area contributed by atoms with Gasteiger partial charge in [0, 0.05) is 29.0 Å². The summed E-state index contributed by atoms with van der Waals surface area (Å²) in [5.74, 6) is -0.194. The molecule has 1 aromatic carbocycles. The van der Waals surface area contributed by atoms with Crippen LogP contribution in [-0.4, -0.2) is 40.4 Å². The maximum absolute atomic E-state index is 14.2.